The molecule has 3 heterocycles. The second-order valence-corrected chi connectivity index (χ2v) is 4.63. The summed E-state index contributed by atoms with van der Waals surface area (Å²) < 4.78 is 7.84. The van der Waals surface area contributed by atoms with Crippen molar-refractivity contribution in [3.05, 3.63) is 24.2 Å². The number of aryl methyl sites for hydroxylation is 1. The Labute approximate surface area is 101 Å². The molecule has 0 aliphatic carbocycles. The molecule has 17 heavy (non-hydrogen) atoms. The van der Waals surface area contributed by atoms with Gasteiger partial charge in [-0.2, -0.15) is 0 Å². The van der Waals surface area contributed by atoms with E-state index in [0.717, 1.165) is 36.4 Å². The first-order valence-corrected chi connectivity index (χ1v) is 6.22. The molecule has 3 rings (SSSR count). The van der Waals surface area contributed by atoms with Gasteiger partial charge in [0.25, 0.3) is 0 Å². The number of imidazole rings is 1. The summed E-state index contributed by atoms with van der Waals surface area (Å²) in [4.78, 5) is 8.98. The van der Waals surface area contributed by atoms with Crippen LogP contribution in [0.2, 0.25) is 0 Å². The highest BCUT2D eigenvalue weighted by Crippen LogP contribution is 2.19. The van der Waals surface area contributed by atoms with Gasteiger partial charge in [0.2, 0.25) is 0 Å². The van der Waals surface area contributed by atoms with Gasteiger partial charge in [-0.15, -0.1) is 0 Å². The van der Waals surface area contributed by atoms with E-state index in [1.54, 1.807) is 0 Å². The molecule has 1 fully saturated rings. The lowest BCUT2D eigenvalue weighted by Gasteiger charge is -2.22. The monoisotopic (exact) mass is 231 g/mol. The van der Waals surface area contributed by atoms with Crippen molar-refractivity contribution < 1.29 is 4.74 Å². The van der Waals surface area contributed by atoms with E-state index >= 15 is 0 Å². The minimum absolute atomic E-state index is 0.333. The van der Waals surface area contributed by atoms with Crippen LogP contribution in [-0.4, -0.2) is 27.2 Å². The van der Waals surface area contributed by atoms with E-state index in [4.69, 9.17) is 4.74 Å². The lowest BCUT2D eigenvalue weighted by atomic mass is 10.1. The van der Waals surface area contributed by atoms with E-state index in [-0.39, 0.29) is 0 Å². The fraction of sp³-hybridized carbons (Fsp3) is 0.538. The van der Waals surface area contributed by atoms with Gasteiger partial charge in [-0.05, 0) is 31.4 Å². The van der Waals surface area contributed by atoms with Crippen LogP contribution in [0.4, 0.5) is 0 Å². The van der Waals surface area contributed by atoms with Gasteiger partial charge in [-0.3, -0.25) is 0 Å². The Kier molecular flexibility index (Phi) is 2.81. The first-order valence-electron chi connectivity index (χ1n) is 6.22. The van der Waals surface area contributed by atoms with Crippen LogP contribution >= 0.6 is 0 Å². The van der Waals surface area contributed by atoms with Crippen molar-refractivity contribution in [3.8, 4) is 0 Å². The molecular formula is C13H17N3O. The summed E-state index contributed by atoms with van der Waals surface area (Å²) in [5.41, 5.74) is 1.93. The molecule has 1 unspecified atom stereocenters. The van der Waals surface area contributed by atoms with Crippen molar-refractivity contribution in [2.75, 3.05) is 6.61 Å². The Balaban J connectivity index is 1.87. The van der Waals surface area contributed by atoms with Crippen molar-refractivity contribution in [2.45, 2.75) is 31.8 Å². The molecule has 1 aliphatic rings. The number of aromatic nitrogens is 3. The molecule has 0 aromatic carbocycles. The maximum Gasteiger partial charge on any atom is 0.159 e. The number of ether oxygens (including phenoxy) is 1. The summed E-state index contributed by atoms with van der Waals surface area (Å²) in [6.45, 7) is 0.896. The second-order valence-electron chi connectivity index (χ2n) is 4.63. The van der Waals surface area contributed by atoms with Gasteiger partial charge < -0.3 is 9.30 Å². The van der Waals surface area contributed by atoms with Crippen LogP contribution in [0.15, 0.2) is 18.3 Å². The van der Waals surface area contributed by atoms with Crippen LogP contribution in [-0.2, 0) is 18.2 Å². The number of rotatable bonds is 2. The van der Waals surface area contributed by atoms with E-state index in [1.165, 1.54) is 12.8 Å². The van der Waals surface area contributed by atoms with Crippen molar-refractivity contribution in [1.82, 2.24) is 14.5 Å². The zero-order chi connectivity index (χ0) is 11.7. The molecule has 90 valence electrons. The molecule has 4 heteroatoms. The molecule has 2 aromatic heterocycles. The highest BCUT2D eigenvalue weighted by Gasteiger charge is 2.18. The summed E-state index contributed by atoms with van der Waals surface area (Å²) in [7, 11) is 2.03. The predicted molar refractivity (Wildman–Crippen MR) is 65.8 cm³/mol. The summed E-state index contributed by atoms with van der Waals surface area (Å²) in [5, 5.41) is 0. The molecule has 1 atom stereocenters. The quantitative estimate of drug-likeness (QED) is 0.794. The molecule has 0 radical (unpaired) electrons. The summed E-state index contributed by atoms with van der Waals surface area (Å²) >= 11 is 0. The van der Waals surface area contributed by atoms with Gasteiger partial charge in [0, 0.05) is 26.3 Å². The van der Waals surface area contributed by atoms with Gasteiger partial charge in [0.05, 0.1) is 6.10 Å². The lowest BCUT2D eigenvalue weighted by molar-refractivity contribution is 0.0153. The molecule has 0 saturated carbocycles. The minimum Gasteiger partial charge on any atom is -0.378 e. The molecule has 0 spiro atoms. The lowest BCUT2D eigenvalue weighted by Crippen LogP contribution is -2.22. The number of hydrogen-bond donors (Lipinski definition) is 0. The number of nitrogens with zero attached hydrogens (tertiary/aromatic N) is 3. The van der Waals surface area contributed by atoms with Gasteiger partial charge in [-0.1, -0.05) is 0 Å². The number of hydrogen-bond acceptors (Lipinski definition) is 3. The van der Waals surface area contributed by atoms with E-state index in [0.29, 0.717) is 6.10 Å². The molecular weight excluding hydrogens is 214 g/mol. The summed E-state index contributed by atoms with van der Waals surface area (Å²) in [6.07, 6.45) is 6.65. The number of fused-ring (bicyclic) bond motifs is 1. The van der Waals surface area contributed by atoms with Crippen LogP contribution < -0.4 is 0 Å². The maximum absolute atomic E-state index is 5.76. The Morgan fingerprint density at radius 1 is 1.47 bits per heavy atom. The van der Waals surface area contributed by atoms with Crippen LogP contribution in [0.25, 0.3) is 11.2 Å². The second kappa shape index (κ2) is 4.45. The topological polar surface area (TPSA) is 39.9 Å². The van der Waals surface area contributed by atoms with Gasteiger partial charge in [0.15, 0.2) is 5.65 Å². The smallest absolute Gasteiger partial charge is 0.159 e. The first kappa shape index (κ1) is 10.7. The Morgan fingerprint density at radius 3 is 3.18 bits per heavy atom. The Morgan fingerprint density at radius 2 is 2.41 bits per heavy atom. The highest BCUT2D eigenvalue weighted by atomic mass is 16.5. The molecule has 1 aliphatic heterocycles. The summed E-state index contributed by atoms with van der Waals surface area (Å²) in [6, 6.07) is 3.93. The largest absolute Gasteiger partial charge is 0.378 e. The average Bonchev–Trinajstić information content (AvgIpc) is 2.68. The number of pyridine rings is 1. The molecule has 1 saturated heterocycles. The third kappa shape index (κ3) is 2.05. The van der Waals surface area contributed by atoms with E-state index in [1.807, 2.05) is 25.4 Å². The fourth-order valence-corrected chi connectivity index (χ4v) is 2.43. The molecule has 0 amide bonds. The Bertz CT molecular complexity index is 514. The zero-order valence-electron chi connectivity index (χ0n) is 10.1. The van der Waals surface area contributed by atoms with E-state index in [2.05, 4.69) is 14.5 Å². The van der Waals surface area contributed by atoms with Crippen LogP contribution in [0.5, 0.6) is 0 Å². The van der Waals surface area contributed by atoms with Crippen molar-refractivity contribution >= 4 is 11.2 Å². The van der Waals surface area contributed by atoms with Crippen molar-refractivity contribution in [2.24, 2.45) is 7.05 Å². The van der Waals surface area contributed by atoms with E-state index < -0.39 is 0 Å². The van der Waals surface area contributed by atoms with Crippen molar-refractivity contribution in [3.63, 3.8) is 0 Å². The first-order chi connectivity index (χ1) is 8.34. The summed E-state index contributed by atoms with van der Waals surface area (Å²) in [5.74, 6) is 1.07. The van der Waals surface area contributed by atoms with Crippen LogP contribution in [0, 0.1) is 0 Å². The standard InChI is InChI=1S/C13H17N3O/c1-16-12(9-10-5-2-3-8-17-10)15-11-6-4-7-14-13(11)16/h4,6-7,10H,2-3,5,8-9H2,1H3. The van der Waals surface area contributed by atoms with Gasteiger partial charge in [-0.25, -0.2) is 9.97 Å². The molecule has 0 N–H and O–H groups in total. The third-order valence-electron chi connectivity index (χ3n) is 3.40. The fourth-order valence-electron chi connectivity index (χ4n) is 2.43. The third-order valence-corrected chi connectivity index (χ3v) is 3.40. The maximum atomic E-state index is 5.76. The van der Waals surface area contributed by atoms with E-state index in [9.17, 15) is 0 Å². The molecule has 4 nitrogen and oxygen atoms in total. The zero-order valence-corrected chi connectivity index (χ0v) is 10.1. The van der Waals surface area contributed by atoms with Gasteiger partial charge in [0.1, 0.15) is 11.3 Å². The molecule has 0 bridgehead atoms. The van der Waals surface area contributed by atoms with Crippen LogP contribution in [0.1, 0.15) is 25.1 Å². The average molecular weight is 231 g/mol. The van der Waals surface area contributed by atoms with Crippen LogP contribution in [0.3, 0.4) is 0 Å². The minimum atomic E-state index is 0.333. The van der Waals surface area contributed by atoms with Gasteiger partial charge >= 0.3 is 0 Å². The normalized spacial score (nSPS) is 20.9. The SMILES string of the molecule is Cn1c(CC2CCCCO2)nc2cccnc21. The highest BCUT2D eigenvalue weighted by molar-refractivity contribution is 5.70. The van der Waals surface area contributed by atoms with Crippen molar-refractivity contribution in [1.29, 1.82) is 0 Å². The molecule has 2 aromatic rings. The Hall–Kier alpha value is -1.42. The predicted octanol–water partition coefficient (Wildman–Crippen LogP) is 2.08.